The minimum atomic E-state index is -1.72. The van der Waals surface area contributed by atoms with Crippen LogP contribution < -0.4 is 5.32 Å². The number of carbonyl (C=O) groups excluding carboxylic acids is 1. The minimum absolute atomic E-state index is 0.355. The summed E-state index contributed by atoms with van der Waals surface area (Å²) in [6.07, 6.45) is 0. The Hall–Kier alpha value is -0.760. The van der Waals surface area contributed by atoms with Crippen LogP contribution in [0.5, 0.6) is 5.75 Å². The normalized spacial score (nSPS) is 11.5. The van der Waals surface area contributed by atoms with Crippen LogP contribution in [0.2, 0.25) is 0 Å². The fourth-order valence-electron chi connectivity index (χ4n) is 1.20. The van der Waals surface area contributed by atoms with E-state index >= 15 is 0 Å². The molecular weight excluding hydrogens is 395 g/mol. The quantitative estimate of drug-likeness (QED) is 0.598. The first kappa shape index (κ1) is 16.3. The number of aromatic hydroxyl groups is 1. The number of phenols is 1. The van der Waals surface area contributed by atoms with Crippen LogP contribution in [0.4, 0.5) is 13.2 Å². The van der Waals surface area contributed by atoms with Crippen molar-refractivity contribution in [3.63, 3.8) is 0 Å². The van der Waals surface area contributed by atoms with E-state index in [2.05, 4.69) is 37.2 Å². The van der Waals surface area contributed by atoms with Gasteiger partial charge in [0.05, 0.1) is 11.1 Å². The molecular formula is C11H10Br2F3NO2. The number of amides is 1. The van der Waals surface area contributed by atoms with Gasteiger partial charge in [-0.05, 0) is 13.0 Å². The largest absolute Gasteiger partial charge is 0.503 e. The number of hydrogen-bond donors (Lipinski definition) is 2. The average Bonchev–Trinajstić information content (AvgIpc) is 2.40. The molecule has 1 amide bonds. The van der Waals surface area contributed by atoms with E-state index in [4.69, 9.17) is 5.11 Å². The van der Waals surface area contributed by atoms with Crippen molar-refractivity contribution in [1.82, 2.24) is 5.32 Å². The van der Waals surface area contributed by atoms with Gasteiger partial charge in [-0.15, -0.1) is 0 Å². The van der Waals surface area contributed by atoms with Crippen molar-refractivity contribution in [3.8, 4) is 5.75 Å². The lowest BCUT2D eigenvalue weighted by atomic mass is 10.1. The molecule has 106 valence electrons. The van der Waals surface area contributed by atoms with E-state index in [1.807, 2.05) is 0 Å². The number of alkyl halides is 2. The van der Waals surface area contributed by atoms with Gasteiger partial charge in [-0.3, -0.25) is 4.79 Å². The predicted octanol–water partition coefficient (Wildman–Crippen LogP) is 3.09. The van der Waals surface area contributed by atoms with Gasteiger partial charge in [0.1, 0.15) is 0 Å². The lowest BCUT2D eigenvalue weighted by molar-refractivity contribution is 0.0917. The van der Waals surface area contributed by atoms with Crippen LogP contribution in [0, 0.1) is 17.5 Å². The van der Waals surface area contributed by atoms with Crippen LogP contribution in [0.25, 0.3) is 0 Å². The number of rotatable bonds is 4. The molecule has 0 saturated carbocycles. The second kappa shape index (κ2) is 6.13. The topological polar surface area (TPSA) is 49.3 Å². The summed E-state index contributed by atoms with van der Waals surface area (Å²) < 4.78 is 39.5. The Morgan fingerprint density at radius 3 is 2.32 bits per heavy atom. The first-order valence-electron chi connectivity index (χ1n) is 5.06. The Morgan fingerprint density at radius 1 is 1.32 bits per heavy atom. The van der Waals surface area contributed by atoms with Crippen molar-refractivity contribution in [2.45, 2.75) is 12.5 Å². The molecule has 0 aliphatic heterocycles. The summed E-state index contributed by atoms with van der Waals surface area (Å²) in [5.74, 6) is -7.18. The highest BCUT2D eigenvalue weighted by molar-refractivity contribution is 9.09. The smallest absolute Gasteiger partial charge is 0.254 e. The monoisotopic (exact) mass is 403 g/mol. The fraction of sp³-hybridized carbons (Fsp3) is 0.364. The number of benzene rings is 1. The molecule has 0 aromatic heterocycles. The number of halogens is 5. The van der Waals surface area contributed by atoms with E-state index in [-0.39, 0.29) is 0 Å². The van der Waals surface area contributed by atoms with Gasteiger partial charge in [0, 0.05) is 10.7 Å². The summed E-state index contributed by atoms with van der Waals surface area (Å²) >= 11 is 6.34. The van der Waals surface area contributed by atoms with Crippen LogP contribution in [0.15, 0.2) is 6.07 Å². The molecule has 0 atom stereocenters. The molecule has 0 unspecified atom stereocenters. The molecule has 1 aromatic rings. The zero-order valence-corrected chi connectivity index (χ0v) is 12.9. The Morgan fingerprint density at radius 2 is 1.84 bits per heavy atom. The highest BCUT2D eigenvalue weighted by Crippen LogP contribution is 2.26. The van der Waals surface area contributed by atoms with Gasteiger partial charge in [0.2, 0.25) is 5.82 Å². The van der Waals surface area contributed by atoms with Gasteiger partial charge in [-0.2, -0.15) is 4.39 Å². The van der Waals surface area contributed by atoms with Gasteiger partial charge in [0.25, 0.3) is 5.91 Å². The summed E-state index contributed by atoms with van der Waals surface area (Å²) in [5.41, 5.74) is -1.51. The first-order chi connectivity index (χ1) is 8.75. The Labute approximate surface area is 124 Å². The van der Waals surface area contributed by atoms with Crippen molar-refractivity contribution in [2.24, 2.45) is 0 Å². The van der Waals surface area contributed by atoms with Gasteiger partial charge in [0.15, 0.2) is 17.4 Å². The van der Waals surface area contributed by atoms with Gasteiger partial charge < -0.3 is 10.4 Å². The molecule has 0 heterocycles. The van der Waals surface area contributed by atoms with E-state index in [0.717, 1.165) is 0 Å². The van der Waals surface area contributed by atoms with E-state index in [9.17, 15) is 18.0 Å². The van der Waals surface area contributed by atoms with E-state index in [1.54, 1.807) is 6.92 Å². The molecule has 0 spiro atoms. The second-order valence-corrected chi connectivity index (χ2v) is 5.29. The maximum Gasteiger partial charge on any atom is 0.254 e. The first-order valence-corrected chi connectivity index (χ1v) is 7.31. The van der Waals surface area contributed by atoms with Crippen LogP contribution in [-0.4, -0.2) is 27.2 Å². The van der Waals surface area contributed by atoms with Crippen LogP contribution in [0.1, 0.15) is 17.3 Å². The molecule has 0 radical (unpaired) electrons. The van der Waals surface area contributed by atoms with Crippen molar-refractivity contribution in [2.75, 3.05) is 10.7 Å². The Bertz CT molecular complexity index is 507. The number of phenolic OH excluding ortho intramolecular Hbond substituents is 1. The molecule has 1 rings (SSSR count). The van der Waals surface area contributed by atoms with Crippen LogP contribution in [0.3, 0.4) is 0 Å². The molecule has 0 aliphatic carbocycles. The molecule has 0 fully saturated rings. The maximum atomic E-state index is 13.5. The summed E-state index contributed by atoms with van der Waals surface area (Å²) in [4.78, 5) is 11.8. The summed E-state index contributed by atoms with van der Waals surface area (Å²) in [6.45, 7) is 1.66. The second-order valence-electron chi connectivity index (χ2n) is 4.16. The van der Waals surface area contributed by atoms with Crippen LogP contribution in [-0.2, 0) is 0 Å². The molecule has 0 saturated heterocycles. The number of carbonyl (C=O) groups is 1. The molecule has 1 aromatic carbocycles. The number of nitrogens with one attached hydrogen (secondary N) is 1. The van der Waals surface area contributed by atoms with Crippen LogP contribution >= 0.6 is 31.9 Å². The molecule has 0 aliphatic rings. The van der Waals surface area contributed by atoms with Gasteiger partial charge >= 0.3 is 0 Å². The molecule has 3 nitrogen and oxygen atoms in total. The molecule has 19 heavy (non-hydrogen) atoms. The van der Waals surface area contributed by atoms with Crippen molar-refractivity contribution < 1.29 is 23.1 Å². The third-order valence-corrected chi connectivity index (χ3v) is 4.86. The summed E-state index contributed by atoms with van der Waals surface area (Å²) in [5, 5.41) is 12.2. The van der Waals surface area contributed by atoms with Crippen molar-refractivity contribution >= 4 is 37.8 Å². The highest BCUT2D eigenvalue weighted by Gasteiger charge is 2.28. The average molecular weight is 405 g/mol. The SMILES string of the molecule is CC(CBr)(CBr)NC(=O)c1cc(F)c(F)c(O)c1F. The third kappa shape index (κ3) is 3.42. The Kier molecular flexibility index (Phi) is 5.26. The van der Waals surface area contributed by atoms with Crippen molar-refractivity contribution in [1.29, 1.82) is 0 Å². The minimum Gasteiger partial charge on any atom is -0.503 e. The lowest BCUT2D eigenvalue weighted by Crippen LogP contribution is -2.49. The Balaban J connectivity index is 3.15. The van der Waals surface area contributed by atoms with E-state index < -0.39 is 40.2 Å². The third-order valence-electron chi connectivity index (χ3n) is 2.38. The molecule has 0 bridgehead atoms. The van der Waals surface area contributed by atoms with Gasteiger partial charge in [-0.1, -0.05) is 31.9 Å². The zero-order valence-electron chi connectivity index (χ0n) is 9.74. The predicted molar refractivity (Wildman–Crippen MR) is 71.4 cm³/mol. The van der Waals surface area contributed by atoms with Crippen molar-refractivity contribution in [3.05, 3.63) is 29.1 Å². The summed E-state index contributed by atoms with van der Waals surface area (Å²) in [7, 11) is 0. The van der Waals surface area contributed by atoms with E-state index in [1.165, 1.54) is 0 Å². The molecule has 8 heteroatoms. The van der Waals surface area contributed by atoms with E-state index in [0.29, 0.717) is 16.7 Å². The highest BCUT2D eigenvalue weighted by atomic mass is 79.9. The fourth-order valence-corrected chi connectivity index (χ4v) is 2.41. The summed E-state index contributed by atoms with van der Waals surface area (Å²) in [6, 6.07) is 0.405. The van der Waals surface area contributed by atoms with Gasteiger partial charge in [-0.25, -0.2) is 8.78 Å². The standard InChI is InChI=1S/C11H10Br2F3NO2/c1-11(3-12,4-13)17-10(19)5-2-6(14)8(16)9(18)7(5)15/h2,18H,3-4H2,1H3,(H,17,19). The molecule has 2 N–H and O–H groups in total. The lowest BCUT2D eigenvalue weighted by Gasteiger charge is -2.26. The maximum absolute atomic E-state index is 13.5. The number of hydrogen-bond acceptors (Lipinski definition) is 2. The zero-order chi connectivity index (χ0) is 14.8.